The molecule has 84 valence electrons. The van der Waals surface area contributed by atoms with E-state index < -0.39 is 0 Å². The van der Waals surface area contributed by atoms with Gasteiger partial charge in [-0.05, 0) is 18.6 Å². The molecule has 2 rings (SSSR count). The van der Waals surface area contributed by atoms with Gasteiger partial charge in [0.2, 0.25) is 5.78 Å². The predicted octanol–water partition coefficient (Wildman–Crippen LogP) is 2.77. The zero-order valence-electron chi connectivity index (χ0n) is 8.81. The average molecular weight is 239 g/mol. The van der Waals surface area contributed by atoms with Crippen LogP contribution < -0.4 is 0 Å². The number of carbonyl (C=O) groups is 1. The fourth-order valence-corrected chi connectivity index (χ4v) is 1.72. The van der Waals surface area contributed by atoms with Crippen molar-refractivity contribution < 1.29 is 9.21 Å². The Morgan fingerprint density at radius 1 is 1.62 bits per heavy atom. The molecule has 4 nitrogen and oxygen atoms in total. The van der Waals surface area contributed by atoms with Gasteiger partial charge >= 0.3 is 0 Å². The SMILES string of the molecule is CCCn1ncc(Cl)c1C(=O)c1ccco1. The number of hydrogen-bond acceptors (Lipinski definition) is 3. The number of halogens is 1. The number of aromatic nitrogens is 2. The third-order valence-corrected chi connectivity index (χ3v) is 2.47. The molecule has 0 aliphatic carbocycles. The number of carbonyl (C=O) groups excluding carboxylic acids is 1. The zero-order chi connectivity index (χ0) is 11.5. The van der Waals surface area contributed by atoms with Crippen molar-refractivity contribution in [1.82, 2.24) is 9.78 Å². The second-order valence-corrected chi connectivity index (χ2v) is 3.78. The van der Waals surface area contributed by atoms with Crippen molar-refractivity contribution in [2.45, 2.75) is 19.9 Å². The molecule has 0 saturated carbocycles. The Labute approximate surface area is 97.8 Å². The van der Waals surface area contributed by atoms with E-state index in [9.17, 15) is 4.79 Å². The van der Waals surface area contributed by atoms with Crippen LogP contribution in [0.4, 0.5) is 0 Å². The number of aryl methyl sites for hydroxylation is 1. The van der Waals surface area contributed by atoms with E-state index in [4.69, 9.17) is 16.0 Å². The highest BCUT2D eigenvalue weighted by molar-refractivity contribution is 6.34. The normalized spacial score (nSPS) is 10.6. The minimum atomic E-state index is -0.235. The quantitative estimate of drug-likeness (QED) is 0.770. The smallest absolute Gasteiger partial charge is 0.247 e. The van der Waals surface area contributed by atoms with Crippen LogP contribution in [0.3, 0.4) is 0 Å². The molecule has 2 heterocycles. The summed E-state index contributed by atoms with van der Waals surface area (Å²) in [5.41, 5.74) is 0.387. The van der Waals surface area contributed by atoms with Crippen LogP contribution in [-0.2, 0) is 6.54 Å². The Hall–Kier alpha value is -1.55. The van der Waals surface area contributed by atoms with Crippen LogP contribution in [0.15, 0.2) is 29.0 Å². The Morgan fingerprint density at radius 2 is 2.44 bits per heavy atom. The molecule has 0 aliphatic heterocycles. The molecule has 0 bridgehead atoms. The first-order valence-electron chi connectivity index (χ1n) is 5.03. The maximum Gasteiger partial charge on any atom is 0.247 e. The third-order valence-electron chi connectivity index (χ3n) is 2.19. The molecule has 0 aliphatic rings. The highest BCUT2D eigenvalue weighted by Crippen LogP contribution is 2.19. The van der Waals surface area contributed by atoms with Gasteiger partial charge in [-0.25, -0.2) is 0 Å². The number of furan rings is 1. The summed E-state index contributed by atoms with van der Waals surface area (Å²) in [4.78, 5) is 12.0. The highest BCUT2D eigenvalue weighted by Gasteiger charge is 2.20. The molecule has 0 N–H and O–H groups in total. The lowest BCUT2D eigenvalue weighted by Gasteiger charge is -2.03. The Balaban J connectivity index is 2.39. The van der Waals surface area contributed by atoms with E-state index in [-0.39, 0.29) is 11.5 Å². The van der Waals surface area contributed by atoms with E-state index >= 15 is 0 Å². The molecule has 0 saturated heterocycles. The van der Waals surface area contributed by atoms with Gasteiger partial charge in [0.1, 0.15) is 5.69 Å². The van der Waals surface area contributed by atoms with Gasteiger partial charge in [-0.3, -0.25) is 9.48 Å². The summed E-state index contributed by atoms with van der Waals surface area (Å²) in [5.74, 6) is 0.0423. The lowest BCUT2D eigenvalue weighted by Crippen LogP contribution is -2.11. The summed E-state index contributed by atoms with van der Waals surface area (Å²) >= 11 is 5.95. The molecule has 0 unspecified atom stereocenters. The van der Waals surface area contributed by atoms with Gasteiger partial charge in [-0.15, -0.1) is 0 Å². The summed E-state index contributed by atoms with van der Waals surface area (Å²) in [5, 5.41) is 4.41. The van der Waals surface area contributed by atoms with E-state index in [1.165, 1.54) is 12.5 Å². The van der Waals surface area contributed by atoms with Crippen LogP contribution in [0.1, 0.15) is 29.6 Å². The summed E-state index contributed by atoms with van der Waals surface area (Å²) in [6.45, 7) is 2.67. The van der Waals surface area contributed by atoms with Gasteiger partial charge in [0, 0.05) is 6.54 Å². The van der Waals surface area contributed by atoms with Crippen molar-refractivity contribution in [1.29, 1.82) is 0 Å². The van der Waals surface area contributed by atoms with Gasteiger partial charge in [-0.2, -0.15) is 5.10 Å². The number of nitrogens with zero attached hydrogens (tertiary/aromatic N) is 2. The fraction of sp³-hybridized carbons (Fsp3) is 0.273. The molecule has 0 fully saturated rings. The summed E-state index contributed by atoms with van der Waals surface area (Å²) in [6.07, 6.45) is 3.82. The summed E-state index contributed by atoms with van der Waals surface area (Å²) in [6, 6.07) is 3.28. The number of rotatable bonds is 4. The number of ketones is 1. The first-order chi connectivity index (χ1) is 7.74. The van der Waals surface area contributed by atoms with Crippen LogP contribution >= 0.6 is 11.6 Å². The highest BCUT2D eigenvalue weighted by atomic mass is 35.5. The van der Waals surface area contributed by atoms with Crippen molar-refractivity contribution in [3.8, 4) is 0 Å². The number of hydrogen-bond donors (Lipinski definition) is 0. The molecule has 16 heavy (non-hydrogen) atoms. The molecule has 5 heteroatoms. The molecule has 0 radical (unpaired) electrons. The van der Waals surface area contributed by atoms with Crippen LogP contribution in [0.2, 0.25) is 5.02 Å². The topological polar surface area (TPSA) is 48.0 Å². The van der Waals surface area contributed by atoms with Crippen LogP contribution in [0, 0.1) is 0 Å². The minimum absolute atomic E-state index is 0.235. The zero-order valence-corrected chi connectivity index (χ0v) is 9.57. The van der Waals surface area contributed by atoms with Crippen molar-refractivity contribution in [2.24, 2.45) is 0 Å². The van der Waals surface area contributed by atoms with Crippen molar-refractivity contribution in [3.63, 3.8) is 0 Å². The Kier molecular flexibility index (Phi) is 3.10. The van der Waals surface area contributed by atoms with Crippen LogP contribution in [0.25, 0.3) is 0 Å². The third kappa shape index (κ3) is 1.88. The van der Waals surface area contributed by atoms with E-state index in [0.717, 1.165) is 6.42 Å². The van der Waals surface area contributed by atoms with Gasteiger partial charge in [0.15, 0.2) is 5.76 Å². The summed E-state index contributed by atoms with van der Waals surface area (Å²) < 4.78 is 6.66. The standard InChI is InChI=1S/C11H11ClN2O2/c1-2-5-14-10(8(12)7-13-14)11(15)9-4-3-6-16-9/h3-4,6-7H,2,5H2,1H3. The van der Waals surface area contributed by atoms with Gasteiger partial charge in [-0.1, -0.05) is 18.5 Å². The molecular formula is C11H11ClN2O2. The maximum atomic E-state index is 12.0. The van der Waals surface area contributed by atoms with Crippen molar-refractivity contribution in [2.75, 3.05) is 0 Å². The van der Waals surface area contributed by atoms with Crippen molar-refractivity contribution >= 4 is 17.4 Å². The maximum absolute atomic E-state index is 12.0. The molecular weight excluding hydrogens is 228 g/mol. The second-order valence-electron chi connectivity index (χ2n) is 3.37. The predicted molar refractivity (Wildman–Crippen MR) is 59.7 cm³/mol. The monoisotopic (exact) mass is 238 g/mol. The van der Waals surface area contributed by atoms with Gasteiger partial charge in [0.25, 0.3) is 0 Å². The lowest BCUT2D eigenvalue weighted by atomic mass is 10.2. The first kappa shape index (κ1) is 11.0. The molecule has 0 amide bonds. The van der Waals surface area contributed by atoms with Gasteiger partial charge in [0.05, 0.1) is 17.5 Å². The first-order valence-corrected chi connectivity index (χ1v) is 5.41. The van der Waals surface area contributed by atoms with Crippen LogP contribution in [-0.4, -0.2) is 15.6 Å². The minimum Gasteiger partial charge on any atom is -0.461 e. The van der Waals surface area contributed by atoms with E-state index in [2.05, 4.69) is 5.10 Å². The van der Waals surface area contributed by atoms with Crippen molar-refractivity contribution in [3.05, 3.63) is 41.1 Å². The molecule has 2 aromatic heterocycles. The molecule has 0 aromatic carbocycles. The largest absolute Gasteiger partial charge is 0.461 e. The van der Waals surface area contributed by atoms with E-state index in [1.54, 1.807) is 16.8 Å². The second kappa shape index (κ2) is 4.53. The molecule has 0 spiro atoms. The fourth-order valence-electron chi connectivity index (χ4n) is 1.49. The lowest BCUT2D eigenvalue weighted by molar-refractivity contribution is 0.0999. The van der Waals surface area contributed by atoms with Gasteiger partial charge < -0.3 is 4.42 Å². The Bertz CT molecular complexity index is 488. The Morgan fingerprint density at radius 3 is 3.06 bits per heavy atom. The molecule has 0 atom stereocenters. The van der Waals surface area contributed by atoms with E-state index in [0.29, 0.717) is 17.3 Å². The molecule has 2 aromatic rings. The average Bonchev–Trinajstić information content (AvgIpc) is 2.88. The van der Waals surface area contributed by atoms with E-state index in [1.807, 2.05) is 6.92 Å². The summed E-state index contributed by atoms with van der Waals surface area (Å²) in [7, 11) is 0. The van der Waals surface area contributed by atoms with Crippen LogP contribution in [0.5, 0.6) is 0 Å².